The lowest BCUT2D eigenvalue weighted by atomic mass is 9.63. The van der Waals surface area contributed by atoms with Gasteiger partial charge in [-0.15, -0.1) is 0 Å². The molecule has 1 saturated heterocycles. The van der Waals surface area contributed by atoms with Gasteiger partial charge in [0.2, 0.25) is 11.8 Å². The van der Waals surface area contributed by atoms with Gasteiger partial charge in [0.05, 0.1) is 35.2 Å². The number of esters is 1. The van der Waals surface area contributed by atoms with Crippen molar-refractivity contribution in [1.82, 2.24) is 0 Å². The first-order chi connectivity index (χ1) is 12.0. The van der Waals surface area contributed by atoms with Crippen LogP contribution in [-0.4, -0.2) is 24.9 Å². The van der Waals surface area contributed by atoms with Crippen LogP contribution in [0.15, 0.2) is 30.4 Å². The predicted molar refractivity (Wildman–Crippen MR) is 90.0 cm³/mol. The van der Waals surface area contributed by atoms with Crippen LogP contribution in [-0.2, 0) is 14.3 Å². The molecule has 1 aliphatic heterocycles. The first kappa shape index (κ1) is 15.1. The molecule has 0 radical (unpaired) electrons. The Morgan fingerprint density at radius 2 is 1.72 bits per heavy atom. The lowest BCUT2D eigenvalue weighted by Crippen LogP contribution is -2.40. The van der Waals surface area contributed by atoms with E-state index >= 15 is 0 Å². The van der Waals surface area contributed by atoms with E-state index in [1.54, 1.807) is 6.07 Å². The largest absolute Gasteiger partial charge is 0.465 e. The number of rotatable bonds is 2. The van der Waals surface area contributed by atoms with Crippen molar-refractivity contribution in [2.75, 3.05) is 12.0 Å². The summed E-state index contributed by atoms with van der Waals surface area (Å²) in [5.41, 5.74) is 0.545. The van der Waals surface area contributed by atoms with Crippen molar-refractivity contribution in [3.63, 3.8) is 0 Å². The number of nitrogens with zero attached hydrogens (tertiary/aromatic N) is 1. The maximum atomic E-state index is 13.1. The van der Waals surface area contributed by atoms with E-state index in [1.165, 1.54) is 24.1 Å². The zero-order valence-electron chi connectivity index (χ0n) is 13.5. The number of hydrogen-bond acceptors (Lipinski definition) is 4. The van der Waals surface area contributed by atoms with Gasteiger partial charge in [-0.05, 0) is 48.3 Å². The highest BCUT2D eigenvalue weighted by atomic mass is 35.5. The van der Waals surface area contributed by atoms with Gasteiger partial charge < -0.3 is 4.74 Å². The molecule has 2 saturated carbocycles. The molecule has 2 amide bonds. The third kappa shape index (κ3) is 1.87. The summed E-state index contributed by atoms with van der Waals surface area (Å²) in [5.74, 6) is 0.0456. The van der Waals surface area contributed by atoms with Gasteiger partial charge in [-0.1, -0.05) is 23.8 Å². The van der Waals surface area contributed by atoms with Crippen molar-refractivity contribution in [3.05, 3.63) is 40.9 Å². The molecule has 1 aromatic rings. The van der Waals surface area contributed by atoms with E-state index in [4.69, 9.17) is 16.3 Å². The molecular formula is C19H16ClNO4. The maximum absolute atomic E-state index is 13.1. The van der Waals surface area contributed by atoms with Crippen LogP contribution >= 0.6 is 11.6 Å². The van der Waals surface area contributed by atoms with Crippen molar-refractivity contribution in [3.8, 4) is 0 Å². The van der Waals surface area contributed by atoms with E-state index in [9.17, 15) is 14.4 Å². The molecule has 0 aromatic heterocycles. The number of anilines is 1. The summed E-state index contributed by atoms with van der Waals surface area (Å²) in [5, 5.41) is 0.232. The highest BCUT2D eigenvalue weighted by Crippen LogP contribution is 2.65. The second-order valence-electron chi connectivity index (χ2n) is 7.32. The second kappa shape index (κ2) is 4.94. The van der Waals surface area contributed by atoms with Crippen LogP contribution in [0.3, 0.4) is 0 Å². The number of imide groups is 1. The molecule has 0 N–H and O–H groups in total. The Morgan fingerprint density at radius 3 is 2.28 bits per heavy atom. The molecule has 5 aliphatic rings. The monoisotopic (exact) mass is 357 g/mol. The molecule has 0 unspecified atom stereocenters. The molecule has 25 heavy (non-hydrogen) atoms. The quantitative estimate of drug-likeness (QED) is 0.464. The smallest absolute Gasteiger partial charge is 0.339 e. The molecule has 128 valence electrons. The van der Waals surface area contributed by atoms with Crippen molar-refractivity contribution in [2.24, 2.45) is 35.5 Å². The van der Waals surface area contributed by atoms with Crippen molar-refractivity contribution >= 4 is 35.1 Å². The van der Waals surface area contributed by atoms with E-state index in [-0.39, 0.29) is 46.1 Å². The third-order valence-electron chi connectivity index (χ3n) is 6.28. The molecule has 1 aromatic carbocycles. The average molecular weight is 358 g/mol. The first-order valence-electron chi connectivity index (χ1n) is 8.47. The lowest BCUT2D eigenvalue weighted by molar-refractivity contribution is -0.124. The minimum absolute atomic E-state index is 0.154. The fraction of sp³-hybridized carbons (Fsp3) is 0.421. The van der Waals surface area contributed by atoms with Gasteiger partial charge in [0.1, 0.15) is 0 Å². The van der Waals surface area contributed by atoms with Crippen LogP contribution < -0.4 is 4.90 Å². The number of amides is 2. The number of carbonyl (C=O) groups is 3. The average Bonchev–Trinajstić information content (AvgIpc) is 3.39. The van der Waals surface area contributed by atoms with Crippen LogP contribution in [0, 0.1) is 35.5 Å². The van der Waals surface area contributed by atoms with Crippen LogP contribution in [0.25, 0.3) is 0 Å². The minimum Gasteiger partial charge on any atom is -0.465 e. The fourth-order valence-corrected chi connectivity index (χ4v) is 5.32. The third-order valence-corrected chi connectivity index (χ3v) is 6.61. The number of halogens is 1. The molecular weight excluding hydrogens is 342 g/mol. The Hall–Kier alpha value is -2.14. The van der Waals surface area contributed by atoms with Crippen molar-refractivity contribution < 1.29 is 19.1 Å². The predicted octanol–water partition coefficient (Wildman–Crippen LogP) is 2.68. The topological polar surface area (TPSA) is 63.7 Å². The second-order valence-corrected chi connectivity index (χ2v) is 7.73. The van der Waals surface area contributed by atoms with E-state index in [0.29, 0.717) is 17.5 Å². The Bertz CT molecular complexity index is 827. The summed E-state index contributed by atoms with van der Waals surface area (Å²) >= 11 is 6.05. The molecule has 6 atom stereocenters. The summed E-state index contributed by atoms with van der Waals surface area (Å²) in [6.07, 6.45) is 5.40. The number of methoxy groups -OCH3 is 1. The Kier molecular flexibility index (Phi) is 2.99. The first-order valence-corrected chi connectivity index (χ1v) is 8.84. The van der Waals surface area contributed by atoms with E-state index in [0.717, 1.165) is 6.42 Å². The van der Waals surface area contributed by atoms with Crippen LogP contribution in [0.2, 0.25) is 5.02 Å². The summed E-state index contributed by atoms with van der Waals surface area (Å²) in [6, 6.07) is 4.60. The summed E-state index contributed by atoms with van der Waals surface area (Å²) in [6.45, 7) is 0. The van der Waals surface area contributed by atoms with Crippen molar-refractivity contribution in [2.45, 2.75) is 6.42 Å². The van der Waals surface area contributed by atoms with E-state index in [2.05, 4.69) is 12.2 Å². The molecule has 3 fully saturated rings. The standard InChI is InChI=1S/C19H16ClNO4/c1-25-19(24)13-6-8(2-5-14(13)20)21-17(22)15-9-3-4-10(12-7-11(9)12)16(15)18(21)23/h2-6,9-12,15-16H,7H2,1H3/t9-,10-,11-,12-,15-,16+/m0/s1. The Morgan fingerprint density at radius 1 is 1.12 bits per heavy atom. The van der Waals surface area contributed by atoms with E-state index < -0.39 is 5.97 Å². The van der Waals surface area contributed by atoms with Gasteiger partial charge in [-0.25, -0.2) is 9.69 Å². The minimum atomic E-state index is -0.591. The van der Waals surface area contributed by atoms with Crippen molar-refractivity contribution in [1.29, 1.82) is 0 Å². The zero-order chi connectivity index (χ0) is 17.5. The Labute approximate surface area is 149 Å². The molecule has 0 spiro atoms. The summed E-state index contributed by atoms with van der Waals surface area (Å²) < 4.78 is 4.73. The molecule has 1 heterocycles. The van der Waals surface area contributed by atoms with Gasteiger partial charge in [-0.3, -0.25) is 9.59 Å². The summed E-state index contributed by atoms with van der Waals surface area (Å²) in [7, 11) is 1.27. The molecule has 5 nitrogen and oxygen atoms in total. The number of allylic oxidation sites excluding steroid dienone is 2. The highest BCUT2D eigenvalue weighted by Gasteiger charge is 2.67. The highest BCUT2D eigenvalue weighted by molar-refractivity contribution is 6.34. The molecule has 4 aliphatic carbocycles. The van der Waals surface area contributed by atoms with Gasteiger partial charge in [0.15, 0.2) is 0 Å². The van der Waals surface area contributed by atoms with E-state index in [1.807, 2.05) is 0 Å². The van der Waals surface area contributed by atoms with Crippen LogP contribution in [0.4, 0.5) is 5.69 Å². The number of carbonyl (C=O) groups excluding carboxylic acids is 3. The molecule has 2 bridgehead atoms. The number of ether oxygens (including phenoxy) is 1. The molecule has 6 rings (SSSR count). The number of hydrogen-bond donors (Lipinski definition) is 0. The number of benzene rings is 1. The molecule has 6 heteroatoms. The van der Waals surface area contributed by atoms with Gasteiger partial charge in [0, 0.05) is 0 Å². The Balaban J connectivity index is 1.55. The lowest BCUT2D eigenvalue weighted by Gasteiger charge is -2.37. The normalized spacial score (nSPS) is 37.1. The SMILES string of the molecule is COC(=O)c1cc(N2C(=O)[C@@H]3[C@H]4C=C[C@@H]([C@@H]5C[C@@H]45)[C@@H]3C2=O)ccc1Cl. The van der Waals surface area contributed by atoms with Gasteiger partial charge >= 0.3 is 5.97 Å². The fourth-order valence-electron chi connectivity index (χ4n) is 5.13. The van der Waals surface area contributed by atoms with Gasteiger partial charge in [-0.2, -0.15) is 0 Å². The van der Waals surface area contributed by atoms with Crippen LogP contribution in [0.1, 0.15) is 16.8 Å². The van der Waals surface area contributed by atoms with Gasteiger partial charge in [0.25, 0.3) is 0 Å². The van der Waals surface area contributed by atoms with Crippen LogP contribution in [0.5, 0.6) is 0 Å². The zero-order valence-corrected chi connectivity index (χ0v) is 14.3. The summed E-state index contributed by atoms with van der Waals surface area (Å²) in [4.78, 5) is 39.2. The maximum Gasteiger partial charge on any atom is 0.339 e.